The van der Waals surface area contributed by atoms with Gasteiger partial charge < -0.3 is 20.1 Å². The van der Waals surface area contributed by atoms with Crippen molar-refractivity contribution in [2.24, 2.45) is 0 Å². The summed E-state index contributed by atoms with van der Waals surface area (Å²) in [7, 11) is 0. The molecule has 10 heteroatoms. The van der Waals surface area contributed by atoms with Crippen molar-refractivity contribution in [1.29, 1.82) is 0 Å². The van der Waals surface area contributed by atoms with Gasteiger partial charge in [0.15, 0.2) is 6.61 Å². The van der Waals surface area contributed by atoms with Crippen LogP contribution in [0.2, 0.25) is 0 Å². The summed E-state index contributed by atoms with van der Waals surface area (Å²) in [4.78, 5) is 40.6. The van der Waals surface area contributed by atoms with E-state index in [0.717, 1.165) is 13.1 Å². The fraction of sp³-hybridized carbons (Fsp3) is 0.348. The Balaban J connectivity index is 1.35. The highest BCUT2D eigenvalue weighted by atomic mass is 19.1. The van der Waals surface area contributed by atoms with Gasteiger partial charge in [0.25, 0.3) is 5.91 Å². The summed E-state index contributed by atoms with van der Waals surface area (Å²) in [6.45, 7) is 2.99. The number of hydrogen-bond donors (Lipinski definition) is 2. The van der Waals surface area contributed by atoms with Crippen molar-refractivity contribution < 1.29 is 28.2 Å². The van der Waals surface area contributed by atoms with Crippen molar-refractivity contribution in [2.75, 3.05) is 61.5 Å². The molecule has 0 spiro atoms. The predicted octanol–water partition coefficient (Wildman–Crippen LogP) is 1.85. The molecule has 0 saturated carbocycles. The SMILES string of the molecule is O=C(CN1C(=O)COc2ccccc21)Nc1ccc(F)c(NC(=O)CCN2CCOCC2)c1. The van der Waals surface area contributed by atoms with E-state index in [1.165, 1.54) is 23.1 Å². The third-order valence-electron chi connectivity index (χ3n) is 5.39. The summed E-state index contributed by atoms with van der Waals surface area (Å²) < 4.78 is 24.9. The molecule has 3 amide bonds. The third-order valence-corrected chi connectivity index (χ3v) is 5.39. The number of benzene rings is 2. The zero-order valence-corrected chi connectivity index (χ0v) is 18.0. The lowest BCUT2D eigenvalue weighted by atomic mass is 10.2. The van der Waals surface area contributed by atoms with Crippen molar-refractivity contribution in [3.8, 4) is 5.75 Å². The number of amides is 3. The maximum atomic E-state index is 14.2. The zero-order chi connectivity index (χ0) is 23.2. The molecule has 4 rings (SSSR count). The molecule has 0 bridgehead atoms. The van der Waals surface area contributed by atoms with Crippen LogP contribution in [0.4, 0.5) is 21.5 Å². The number of nitrogens with one attached hydrogen (secondary N) is 2. The fourth-order valence-electron chi connectivity index (χ4n) is 3.67. The van der Waals surface area contributed by atoms with E-state index in [-0.39, 0.29) is 37.1 Å². The maximum Gasteiger partial charge on any atom is 0.265 e. The first-order valence-corrected chi connectivity index (χ1v) is 10.7. The number of para-hydroxylation sites is 2. The minimum Gasteiger partial charge on any atom is -0.482 e. The Labute approximate surface area is 190 Å². The van der Waals surface area contributed by atoms with Gasteiger partial charge in [0.05, 0.1) is 24.6 Å². The summed E-state index contributed by atoms with van der Waals surface area (Å²) in [5.74, 6) is -1.20. The molecule has 2 aliphatic heterocycles. The predicted molar refractivity (Wildman–Crippen MR) is 120 cm³/mol. The normalized spacial score (nSPS) is 16.0. The number of rotatable bonds is 7. The van der Waals surface area contributed by atoms with Gasteiger partial charge in [-0.25, -0.2) is 4.39 Å². The number of carbonyl (C=O) groups is 3. The molecule has 2 aromatic carbocycles. The molecule has 2 aliphatic rings. The van der Waals surface area contributed by atoms with Gasteiger partial charge >= 0.3 is 0 Å². The number of hydrogen-bond acceptors (Lipinski definition) is 6. The van der Waals surface area contributed by atoms with Gasteiger partial charge in [-0.15, -0.1) is 0 Å². The number of ether oxygens (including phenoxy) is 2. The topological polar surface area (TPSA) is 100 Å². The third kappa shape index (κ3) is 5.85. The number of anilines is 3. The molecule has 0 atom stereocenters. The lowest BCUT2D eigenvalue weighted by Gasteiger charge is -2.28. The Hall–Kier alpha value is -3.50. The molecule has 0 unspecified atom stereocenters. The van der Waals surface area contributed by atoms with Crippen LogP contribution in [0.15, 0.2) is 42.5 Å². The van der Waals surface area contributed by atoms with Crippen molar-refractivity contribution in [3.05, 3.63) is 48.3 Å². The number of fused-ring (bicyclic) bond motifs is 1. The molecule has 1 fully saturated rings. The second-order valence-corrected chi connectivity index (χ2v) is 7.73. The summed E-state index contributed by atoms with van der Waals surface area (Å²) in [6, 6.07) is 10.9. The second-order valence-electron chi connectivity index (χ2n) is 7.73. The molecule has 174 valence electrons. The smallest absolute Gasteiger partial charge is 0.265 e. The molecule has 0 aliphatic carbocycles. The lowest BCUT2D eigenvalue weighted by Crippen LogP contribution is -2.43. The van der Waals surface area contributed by atoms with Gasteiger partial charge in [-0.3, -0.25) is 24.2 Å². The van der Waals surface area contributed by atoms with Crippen molar-refractivity contribution in [2.45, 2.75) is 6.42 Å². The first-order valence-electron chi connectivity index (χ1n) is 10.7. The van der Waals surface area contributed by atoms with E-state index < -0.39 is 11.7 Å². The van der Waals surface area contributed by atoms with E-state index >= 15 is 0 Å². The van der Waals surface area contributed by atoms with Crippen molar-refractivity contribution in [1.82, 2.24) is 4.90 Å². The van der Waals surface area contributed by atoms with Gasteiger partial charge in [-0.05, 0) is 30.3 Å². The van der Waals surface area contributed by atoms with E-state index in [9.17, 15) is 18.8 Å². The van der Waals surface area contributed by atoms with Crippen LogP contribution in [-0.2, 0) is 19.1 Å². The van der Waals surface area contributed by atoms with Gasteiger partial charge in [0.1, 0.15) is 18.1 Å². The minimum atomic E-state index is -0.606. The molecule has 1 saturated heterocycles. The molecule has 33 heavy (non-hydrogen) atoms. The number of halogens is 1. The number of morpholine rings is 1. The van der Waals surface area contributed by atoms with Gasteiger partial charge in [-0.2, -0.15) is 0 Å². The summed E-state index contributed by atoms with van der Waals surface area (Å²) in [5.41, 5.74) is 0.794. The number of nitrogens with zero attached hydrogens (tertiary/aromatic N) is 2. The van der Waals surface area contributed by atoms with E-state index in [2.05, 4.69) is 15.5 Å². The largest absolute Gasteiger partial charge is 0.482 e. The monoisotopic (exact) mass is 456 g/mol. The van der Waals surface area contributed by atoms with Crippen LogP contribution in [0.1, 0.15) is 6.42 Å². The van der Waals surface area contributed by atoms with E-state index in [1.54, 1.807) is 24.3 Å². The standard InChI is InChI=1S/C23H25FN4O5/c24-17-6-5-16(13-18(17)26-21(29)7-8-27-9-11-32-12-10-27)25-22(30)14-28-19-3-1-2-4-20(19)33-15-23(28)31/h1-6,13H,7-12,14-15H2,(H,25,30)(H,26,29). The van der Waals surface area contributed by atoms with E-state index in [1.807, 2.05) is 0 Å². The van der Waals surface area contributed by atoms with Crippen LogP contribution in [-0.4, -0.2) is 68.6 Å². The van der Waals surface area contributed by atoms with Crippen LogP contribution in [0.25, 0.3) is 0 Å². The summed E-state index contributed by atoms with van der Waals surface area (Å²) in [5, 5.41) is 5.21. The molecule has 9 nitrogen and oxygen atoms in total. The van der Waals surface area contributed by atoms with Gasteiger partial charge in [0.2, 0.25) is 11.8 Å². The van der Waals surface area contributed by atoms with Crippen LogP contribution < -0.4 is 20.3 Å². The Kier molecular flexibility index (Phi) is 7.16. The average Bonchev–Trinajstić information content (AvgIpc) is 2.82. The first kappa shape index (κ1) is 22.7. The first-order chi connectivity index (χ1) is 16.0. The molecule has 2 N–H and O–H groups in total. The molecule has 0 radical (unpaired) electrons. The molecule has 2 aromatic rings. The quantitative estimate of drug-likeness (QED) is 0.660. The average molecular weight is 456 g/mol. The van der Waals surface area contributed by atoms with Crippen molar-refractivity contribution >= 4 is 34.8 Å². The lowest BCUT2D eigenvalue weighted by molar-refractivity contribution is -0.123. The second kappa shape index (κ2) is 10.4. The van der Waals surface area contributed by atoms with Crippen molar-refractivity contribution in [3.63, 3.8) is 0 Å². The zero-order valence-electron chi connectivity index (χ0n) is 18.0. The van der Waals surface area contributed by atoms with E-state index in [4.69, 9.17) is 9.47 Å². The number of carbonyl (C=O) groups excluding carboxylic acids is 3. The minimum absolute atomic E-state index is 0.0208. The highest BCUT2D eigenvalue weighted by Gasteiger charge is 2.27. The van der Waals surface area contributed by atoms with E-state index in [0.29, 0.717) is 36.9 Å². The summed E-state index contributed by atoms with van der Waals surface area (Å²) >= 11 is 0. The molecular weight excluding hydrogens is 431 g/mol. The summed E-state index contributed by atoms with van der Waals surface area (Å²) in [6.07, 6.45) is 0.217. The fourth-order valence-corrected chi connectivity index (χ4v) is 3.67. The van der Waals surface area contributed by atoms with Crippen LogP contribution >= 0.6 is 0 Å². The Morgan fingerprint density at radius 2 is 1.82 bits per heavy atom. The maximum absolute atomic E-state index is 14.2. The van der Waals surface area contributed by atoms with Crippen LogP contribution in [0, 0.1) is 5.82 Å². The van der Waals surface area contributed by atoms with Gasteiger partial charge in [0, 0.05) is 31.7 Å². The highest BCUT2D eigenvalue weighted by molar-refractivity contribution is 6.05. The molecule has 0 aromatic heterocycles. The molecule has 2 heterocycles. The molecular formula is C23H25FN4O5. The Bertz CT molecular complexity index is 1040. The van der Waals surface area contributed by atoms with Crippen LogP contribution in [0.5, 0.6) is 5.75 Å². The Morgan fingerprint density at radius 3 is 2.64 bits per heavy atom. The highest BCUT2D eigenvalue weighted by Crippen LogP contribution is 2.31. The van der Waals surface area contributed by atoms with Crippen LogP contribution in [0.3, 0.4) is 0 Å². The van der Waals surface area contributed by atoms with Gasteiger partial charge in [-0.1, -0.05) is 12.1 Å². The Morgan fingerprint density at radius 1 is 1.03 bits per heavy atom.